The molecule has 3 aliphatic heterocycles. The number of alkyl carbamates (subject to hydrolysis) is 1. The summed E-state index contributed by atoms with van der Waals surface area (Å²) in [7, 11) is 0. The molecular weight excluding hydrogens is 620 g/mol. The molecule has 2 N–H and O–H groups in total. The van der Waals surface area contributed by atoms with Gasteiger partial charge in [-0.15, -0.1) is 0 Å². The van der Waals surface area contributed by atoms with Gasteiger partial charge in [-0.3, -0.25) is 0 Å². The molecule has 0 aromatic heterocycles. The average molecular weight is 685 g/mol. The molecule has 9 heteroatoms. The predicted molar refractivity (Wildman–Crippen MR) is 185 cm³/mol. The number of rotatable bonds is 5. The monoisotopic (exact) mass is 684 g/mol. The highest BCUT2D eigenvalue weighted by atomic mass is 16.6. The van der Waals surface area contributed by atoms with Crippen LogP contribution in [0.3, 0.4) is 0 Å². The second kappa shape index (κ2) is 11.7. The second-order valence-electron chi connectivity index (χ2n) is 19.4. The van der Waals surface area contributed by atoms with Crippen LogP contribution in [-0.4, -0.2) is 85.1 Å². The lowest BCUT2D eigenvalue weighted by Crippen LogP contribution is -2.60. The van der Waals surface area contributed by atoms with Crippen LogP contribution in [0.25, 0.3) is 0 Å². The summed E-state index contributed by atoms with van der Waals surface area (Å²) in [5.74, 6) is 1.73. The minimum atomic E-state index is -0.551. The van der Waals surface area contributed by atoms with Crippen molar-refractivity contribution in [2.24, 2.45) is 56.7 Å². The minimum absolute atomic E-state index is 0.0201. The first-order valence-corrected chi connectivity index (χ1v) is 20.0. The average Bonchev–Trinajstić information content (AvgIpc) is 3.65. The molecule has 0 aromatic carbocycles. The van der Waals surface area contributed by atoms with Crippen LogP contribution in [-0.2, 0) is 18.9 Å². The minimum Gasteiger partial charge on any atom is -0.446 e. The van der Waals surface area contributed by atoms with Crippen LogP contribution in [0.15, 0.2) is 0 Å². The normalized spacial score (nSPS) is 48.9. The van der Waals surface area contributed by atoms with Crippen molar-refractivity contribution >= 4 is 12.2 Å². The van der Waals surface area contributed by atoms with E-state index in [4.69, 9.17) is 18.9 Å². The van der Waals surface area contributed by atoms with Gasteiger partial charge in [-0.05, 0) is 116 Å². The molecule has 9 nitrogen and oxygen atoms in total. The maximum atomic E-state index is 13.1. The molecule has 5 saturated carbocycles. The first kappa shape index (κ1) is 34.5. The van der Waals surface area contributed by atoms with Crippen LogP contribution >= 0.6 is 0 Å². The zero-order valence-electron chi connectivity index (χ0n) is 31.3. The number of fused-ring (bicyclic) bond motifs is 4. The fraction of sp³-hybridized carbons (Fsp3) is 0.950. The van der Waals surface area contributed by atoms with Crippen molar-refractivity contribution in [3.63, 3.8) is 0 Å². The van der Waals surface area contributed by atoms with E-state index in [1.165, 1.54) is 12.8 Å². The highest BCUT2D eigenvalue weighted by Crippen LogP contribution is 2.89. The zero-order valence-corrected chi connectivity index (χ0v) is 31.3. The molecule has 2 spiro atoms. The third kappa shape index (κ3) is 4.78. The number of carbonyl (C=O) groups is 2. The largest absolute Gasteiger partial charge is 0.446 e. The Morgan fingerprint density at radius 3 is 2.31 bits per heavy atom. The Balaban J connectivity index is 1.01. The Morgan fingerprint density at radius 1 is 0.939 bits per heavy atom. The Kier molecular flexibility index (Phi) is 8.25. The molecule has 13 atom stereocenters. The maximum absolute atomic E-state index is 13.1. The molecule has 276 valence electrons. The van der Waals surface area contributed by atoms with Gasteiger partial charge in [-0.25, -0.2) is 9.59 Å². The first-order valence-electron chi connectivity index (χ1n) is 20.0. The first-order chi connectivity index (χ1) is 23.2. The fourth-order valence-electron chi connectivity index (χ4n) is 14.2. The third-order valence-corrected chi connectivity index (χ3v) is 16.9. The summed E-state index contributed by atoms with van der Waals surface area (Å²) in [5.41, 5.74) is 0.126. The number of aliphatic hydroxyl groups excluding tert-OH is 1. The number of carbonyl (C=O) groups excluding carboxylic acids is 2. The van der Waals surface area contributed by atoms with Crippen molar-refractivity contribution in [1.82, 2.24) is 10.2 Å². The third-order valence-electron chi connectivity index (χ3n) is 16.9. The second-order valence-corrected chi connectivity index (χ2v) is 19.4. The van der Waals surface area contributed by atoms with E-state index in [-0.39, 0.29) is 81.6 Å². The van der Waals surface area contributed by atoms with Crippen molar-refractivity contribution in [2.45, 2.75) is 156 Å². The number of amides is 2. The Labute approximate surface area is 294 Å². The number of nitrogens with one attached hydrogen (secondary N) is 1. The lowest BCUT2D eigenvalue weighted by atomic mass is 9.41. The molecule has 49 heavy (non-hydrogen) atoms. The SMILES string of the molecule is CC(C)C(OC(=O)N1CCC1)C1C[C@@H](C)[C@H]2C(O1)[C@H](O)[C@@]1(C)C3CC[C@H]4C(C)(C)C(OC(=O)NC5CCOCC5)CCC45CC35CCC21C. The molecule has 2 amide bonds. The van der Waals surface area contributed by atoms with E-state index >= 15 is 0 Å². The molecule has 8 fully saturated rings. The van der Waals surface area contributed by atoms with Gasteiger partial charge in [0.1, 0.15) is 12.2 Å². The van der Waals surface area contributed by atoms with Gasteiger partial charge in [0.15, 0.2) is 0 Å². The summed E-state index contributed by atoms with van der Waals surface area (Å²) in [6.45, 7) is 19.2. The molecule has 8 aliphatic rings. The molecule has 5 aliphatic carbocycles. The number of hydrogen-bond donors (Lipinski definition) is 2. The zero-order chi connectivity index (χ0) is 34.7. The summed E-state index contributed by atoms with van der Waals surface area (Å²) in [5, 5.41) is 15.8. The van der Waals surface area contributed by atoms with Gasteiger partial charge in [0.05, 0.1) is 18.3 Å². The van der Waals surface area contributed by atoms with E-state index in [0.717, 1.165) is 70.9 Å². The van der Waals surface area contributed by atoms with Gasteiger partial charge < -0.3 is 34.3 Å². The van der Waals surface area contributed by atoms with Gasteiger partial charge in [0.25, 0.3) is 0 Å². The maximum Gasteiger partial charge on any atom is 0.410 e. The smallest absolute Gasteiger partial charge is 0.410 e. The van der Waals surface area contributed by atoms with Gasteiger partial charge in [-0.1, -0.05) is 48.5 Å². The Bertz CT molecular complexity index is 1310. The molecule has 8 unspecified atom stereocenters. The molecule has 3 saturated heterocycles. The van der Waals surface area contributed by atoms with E-state index in [0.29, 0.717) is 31.0 Å². The van der Waals surface area contributed by atoms with Crippen LogP contribution < -0.4 is 5.32 Å². The lowest BCUT2D eigenvalue weighted by Gasteiger charge is -2.63. The number of nitrogens with zero attached hydrogens (tertiary/aromatic N) is 1. The molecular formula is C40H64N2O7. The summed E-state index contributed by atoms with van der Waals surface area (Å²) in [6.07, 6.45) is 9.53. The summed E-state index contributed by atoms with van der Waals surface area (Å²) in [4.78, 5) is 27.8. The van der Waals surface area contributed by atoms with Gasteiger partial charge in [0.2, 0.25) is 0 Å². The van der Waals surface area contributed by atoms with Crippen molar-refractivity contribution in [2.75, 3.05) is 26.3 Å². The number of ether oxygens (including phenoxy) is 4. The number of hydrogen-bond acceptors (Lipinski definition) is 7. The molecule has 0 bridgehead atoms. The molecule has 0 radical (unpaired) electrons. The predicted octanol–water partition coefficient (Wildman–Crippen LogP) is 6.94. The molecule has 0 aromatic rings. The van der Waals surface area contributed by atoms with E-state index in [1.807, 2.05) is 0 Å². The summed E-state index contributed by atoms with van der Waals surface area (Å²) >= 11 is 0. The van der Waals surface area contributed by atoms with Crippen molar-refractivity contribution in [3.05, 3.63) is 0 Å². The topological polar surface area (TPSA) is 107 Å². The van der Waals surface area contributed by atoms with E-state index in [1.54, 1.807) is 4.90 Å². The Hall–Kier alpha value is -1.58. The Morgan fingerprint density at radius 2 is 1.63 bits per heavy atom. The van der Waals surface area contributed by atoms with Crippen molar-refractivity contribution in [3.8, 4) is 0 Å². The quantitative estimate of drug-likeness (QED) is 0.323. The van der Waals surface area contributed by atoms with E-state index in [9.17, 15) is 14.7 Å². The number of likely N-dealkylation sites (tertiary alicyclic amines) is 1. The number of aliphatic hydroxyl groups is 1. The molecule has 3 heterocycles. The van der Waals surface area contributed by atoms with Crippen LogP contribution in [0.4, 0.5) is 9.59 Å². The standard InChI is InChI=1S/C40H64N2O7/c1-23(2)31(49-35(45)42-17-8-18-42)26-21-24(3)30-32(47-26)33(43)38(7)28-10-9-27-36(4,5)29(48-34(44)41-25-12-19-46-20-13-25)11-14-39(27)22-40(28,39)16-15-37(30,38)6/h23-33,43H,8-22H2,1-7H3,(H,41,44)/t24-,26?,27+,28?,29?,30+,31?,32?,33+,37?,38-,39?,40?/m1/s1. The highest BCUT2D eigenvalue weighted by Gasteiger charge is 2.84. The molecule has 8 rings (SSSR count). The van der Waals surface area contributed by atoms with E-state index < -0.39 is 6.10 Å². The summed E-state index contributed by atoms with van der Waals surface area (Å²) in [6, 6.07) is 0.138. The highest BCUT2D eigenvalue weighted by molar-refractivity contribution is 5.69. The summed E-state index contributed by atoms with van der Waals surface area (Å²) < 4.78 is 24.9. The van der Waals surface area contributed by atoms with Crippen LogP contribution in [0, 0.1) is 56.7 Å². The van der Waals surface area contributed by atoms with Gasteiger partial charge >= 0.3 is 12.2 Å². The van der Waals surface area contributed by atoms with Gasteiger partial charge in [-0.2, -0.15) is 0 Å². The van der Waals surface area contributed by atoms with E-state index in [2.05, 4.69) is 53.8 Å². The van der Waals surface area contributed by atoms with Crippen molar-refractivity contribution in [1.29, 1.82) is 0 Å². The fourth-order valence-corrected chi connectivity index (χ4v) is 14.2. The lowest BCUT2D eigenvalue weighted by molar-refractivity contribution is -0.185. The van der Waals surface area contributed by atoms with Crippen LogP contribution in [0.5, 0.6) is 0 Å². The van der Waals surface area contributed by atoms with Crippen LogP contribution in [0.1, 0.15) is 119 Å². The van der Waals surface area contributed by atoms with Gasteiger partial charge in [0, 0.05) is 43.2 Å². The van der Waals surface area contributed by atoms with Crippen LogP contribution in [0.2, 0.25) is 0 Å². The van der Waals surface area contributed by atoms with Crippen molar-refractivity contribution < 1.29 is 33.6 Å².